The van der Waals surface area contributed by atoms with E-state index in [1.54, 1.807) is 78.9 Å². The van der Waals surface area contributed by atoms with Gasteiger partial charge in [-0.05, 0) is 65.1 Å². The molecule has 0 unspecified atom stereocenters. The molecule has 0 N–H and O–H groups in total. The fraction of sp³-hybridized carbons (Fsp3) is 0.226. The third kappa shape index (κ3) is 6.99. The molecule has 1 aromatic carbocycles. The van der Waals surface area contributed by atoms with Crippen LogP contribution >= 0.6 is 22.6 Å². The minimum Gasteiger partial charge on any atom is -0.480 e. The molecule has 2 rings (SSSR count). The summed E-state index contributed by atoms with van der Waals surface area (Å²) in [5.41, 5.74) is -0.730. The number of nitriles is 6. The molecule has 0 radical (unpaired) electrons. The second-order valence-corrected chi connectivity index (χ2v) is 11.3. The molecular weight excluding hydrogens is 645 g/mol. The number of ether oxygens (including phenoxy) is 1. The average molecular weight is 667 g/mol. The highest BCUT2D eigenvalue weighted by molar-refractivity contribution is 14.1. The molecule has 1 heterocycles. The van der Waals surface area contributed by atoms with Gasteiger partial charge in [-0.1, -0.05) is 45.1 Å². The van der Waals surface area contributed by atoms with Gasteiger partial charge in [0.2, 0.25) is 0 Å². The van der Waals surface area contributed by atoms with Gasteiger partial charge in [0.25, 0.3) is 5.69 Å². The highest BCUT2D eigenvalue weighted by Crippen LogP contribution is 2.41. The molecule has 0 spiro atoms. The first kappa shape index (κ1) is 32.7. The molecule has 206 valence electrons. The van der Waals surface area contributed by atoms with Crippen LogP contribution in [0.5, 0.6) is 0 Å². The van der Waals surface area contributed by atoms with E-state index >= 15 is 0 Å². The Balaban J connectivity index is 2.68. The topological polar surface area (TPSA) is 195 Å². The van der Waals surface area contributed by atoms with E-state index in [-0.39, 0.29) is 42.9 Å². The van der Waals surface area contributed by atoms with Crippen LogP contribution in [0.4, 0.5) is 5.69 Å². The Kier molecular flexibility index (Phi) is 10.3. The molecule has 0 amide bonds. The van der Waals surface area contributed by atoms with Crippen LogP contribution in [-0.2, 0) is 4.74 Å². The minimum absolute atomic E-state index is 0.00835. The van der Waals surface area contributed by atoms with Crippen LogP contribution < -0.4 is 0 Å². The maximum Gasteiger partial charge on any atom is 0.277 e. The Morgan fingerprint density at radius 3 is 2.07 bits per heavy atom. The maximum absolute atomic E-state index is 12.0. The first-order chi connectivity index (χ1) is 19.7. The SMILES string of the molecule is CC1(C)OC(=C(C#N)C#N)C(C#N)=C1/C=C/c1ccc(/C=C/C(=C(\C#N)C(I)=C(C#N)C#N)C(C)(C)C)cc1[N+](=O)[O-]. The van der Waals surface area contributed by atoms with Crippen molar-refractivity contribution in [1.82, 2.24) is 0 Å². The van der Waals surface area contributed by atoms with Crippen LogP contribution in [0.25, 0.3) is 12.2 Å². The van der Waals surface area contributed by atoms with E-state index in [2.05, 4.69) is 6.07 Å². The van der Waals surface area contributed by atoms with Gasteiger partial charge in [-0.3, -0.25) is 10.1 Å². The van der Waals surface area contributed by atoms with Crippen LogP contribution in [0.2, 0.25) is 0 Å². The standard InChI is InChI=1S/C31H22IN7O3/c1-30(2,3)25(23(17-37)28(32)21(13-33)14-34)10-7-19-6-8-20(27(12-19)39(40)41)9-11-26-24(18-38)29(22(15-35)16-36)42-31(26,4)5/h6-12H,1-5H3/b10-7+,11-9+,25-23-. The molecule has 0 bridgehead atoms. The normalized spacial score (nSPS) is 14.4. The molecule has 0 saturated carbocycles. The number of nitrogens with zero attached hydrogens (tertiary/aromatic N) is 7. The third-order valence-electron chi connectivity index (χ3n) is 6.04. The third-order valence-corrected chi connectivity index (χ3v) is 7.12. The van der Waals surface area contributed by atoms with Gasteiger partial charge in [-0.25, -0.2) is 0 Å². The summed E-state index contributed by atoms with van der Waals surface area (Å²) in [6, 6.07) is 15.6. The van der Waals surface area contributed by atoms with E-state index in [4.69, 9.17) is 4.74 Å². The van der Waals surface area contributed by atoms with Gasteiger partial charge in [0.1, 0.15) is 53.2 Å². The van der Waals surface area contributed by atoms with Crippen LogP contribution in [0.1, 0.15) is 45.7 Å². The van der Waals surface area contributed by atoms with Gasteiger partial charge in [0.15, 0.2) is 11.3 Å². The van der Waals surface area contributed by atoms with E-state index in [9.17, 15) is 41.7 Å². The van der Waals surface area contributed by atoms with Crippen LogP contribution in [0.15, 0.2) is 73.1 Å². The van der Waals surface area contributed by atoms with Crippen LogP contribution in [0, 0.1) is 83.5 Å². The van der Waals surface area contributed by atoms with Crippen molar-refractivity contribution in [3.05, 3.63) is 94.4 Å². The van der Waals surface area contributed by atoms with E-state index in [1.807, 2.05) is 26.8 Å². The zero-order valence-corrected chi connectivity index (χ0v) is 25.4. The Bertz CT molecular complexity index is 1770. The summed E-state index contributed by atoms with van der Waals surface area (Å²) in [4.78, 5) is 11.4. The van der Waals surface area contributed by atoms with Gasteiger partial charge in [-0.2, -0.15) is 31.6 Å². The summed E-state index contributed by atoms with van der Waals surface area (Å²) >= 11 is 1.79. The molecule has 0 aliphatic carbocycles. The van der Waals surface area contributed by atoms with E-state index in [1.165, 1.54) is 24.3 Å². The maximum atomic E-state index is 12.0. The smallest absolute Gasteiger partial charge is 0.277 e. The molecular formula is C31H22IN7O3. The van der Waals surface area contributed by atoms with Gasteiger partial charge < -0.3 is 4.74 Å². The minimum atomic E-state index is -1.08. The number of nitro benzene ring substituents is 1. The highest BCUT2D eigenvalue weighted by Gasteiger charge is 2.38. The highest BCUT2D eigenvalue weighted by atomic mass is 127. The second kappa shape index (κ2) is 13.3. The van der Waals surface area contributed by atoms with Gasteiger partial charge >= 0.3 is 0 Å². The summed E-state index contributed by atoms with van der Waals surface area (Å²) in [7, 11) is 0. The number of nitro groups is 1. The van der Waals surface area contributed by atoms with Crippen molar-refractivity contribution in [2.75, 3.05) is 0 Å². The molecule has 0 saturated heterocycles. The Hall–Kier alpha value is -5.47. The predicted octanol–water partition coefficient (Wildman–Crippen LogP) is 7.15. The molecule has 1 aromatic rings. The van der Waals surface area contributed by atoms with Gasteiger partial charge in [0.05, 0.1) is 19.6 Å². The Morgan fingerprint density at radius 1 is 0.976 bits per heavy atom. The first-order valence-corrected chi connectivity index (χ1v) is 13.2. The molecule has 0 atom stereocenters. The quantitative estimate of drug-likeness (QED) is 0.0994. The zero-order valence-electron chi connectivity index (χ0n) is 23.3. The van der Waals surface area contributed by atoms with Crippen LogP contribution in [-0.4, -0.2) is 10.5 Å². The van der Waals surface area contributed by atoms with Crippen molar-refractivity contribution in [3.63, 3.8) is 0 Å². The van der Waals surface area contributed by atoms with Crippen molar-refractivity contribution in [3.8, 4) is 36.4 Å². The number of hydrogen-bond acceptors (Lipinski definition) is 9. The van der Waals surface area contributed by atoms with Gasteiger partial charge in [-0.15, -0.1) is 0 Å². The van der Waals surface area contributed by atoms with Crippen molar-refractivity contribution >= 4 is 40.4 Å². The van der Waals surface area contributed by atoms with E-state index in [0.29, 0.717) is 16.7 Å². The van der Waals surface area contributed by atoms with E-state index in [0.717, 1.165) is 0 Å². The lowest BCUT2D eigenvalue weighted by atomic mass is 9.82. The summed E-state index contributed by atoms with van der Waals surface area (Å²) in [6.45, 7) is 8.87. The summed E-state index contributed by atoms with van der Waals surface area (Å²) < 4.78 is 5.94. The molecule has 11 heteroatoms. The molecule has 0 fully saturated rings. The molecule has 42 heavy (non-hydrogen) atoms. The summed E-state index contributed by atoms with van der Waals surface area (Å²) in [6.07, 6.45) is 6.19. The summed E-state index contributed by atoms with van der Waals surface area (Å²) in [5.74, 6) is -0.136. The fourth-order valence-corrected chi connectivity index (χ4v) is 4.63. The first-order valence-electron chi connectivity index (χ1n) is 12.1. The van der Waals surface area contributed by atoms with Gasteiger partial charge in [0, 0.05) is 11.6 Å². The predicted molar refractivity (Wildman–Crippen MR) is 162 cm³/mol. The lowest BCUT2D eigenvalue weighted by molar-refractivity contribution is -0.385. The Morgan fingerprint density at radius 2 is 1.60 bits per heavy atom. The lowest BCUT2D eigenvalue weighted by Crippen LogP contribution is -2.20. The van der Waals surface area contributed by atoms with Crippen molar-refractivity contribution < 1.29 is 9.66 Å². The summed E-state index contributed by atoms with van der Waals surface area (Å²) in [5, 5.41) is 68.6. The van der Waals surface area contributed by atoms with Crippen molar-refractivity contribution in [2.24, 2.45) is 5.41 Å². The van der Waals surface area contributed by atoms with E-state index < -0.39 is 15.9 Å². The largest absolute Gasteiger partial charge is 0.480 e. The van der Waals surface area contributed by atoms with Crippen molar-refractivity contribution in [2.45, 2.75) is 40.2 Å². The number of benzene rings is 1. The average Bonchev–Trinajstić information content (AvgIpc) is 3.19. The monoisotopic (exact) mass is 667 g/mol. The fourth-order valence-electron chi connectivity index (χ4n) is 3.98. The number of halogens is 1. The number of allylic oxidation sites excluding steroid dienone is 7. The lowest BCUT2D eigenvalue weighted by Gasteiger charge is -2.22. The van der Waals surface area contributed by atoms with Crippen LogP contribution in [0.3, 0.4) is 0 Å². The zero-order chi connectivity index (χ0) is 31.8. The Labute approximate surface area is 257 Å². The second-order valence-electron chi connectivity index (χ2n) is 10.2. The number of rotatable bonds is 6. The number of hydrogen-bond donors (Lipinski definition) is 0. The molecule has 10 nitrogen and oxygen atoms in total. The molecule has 1 aliphatic rings. The molecule has 0 aromatic heterocycles. The molecule has 1 aliphatic heterocycles. The van der Waals surface area contributed by atoms with Crippen molar-refractivity contribution in [1.29, 1.82) is 31.6 Å².